The van der Waals surface area contributed by atoms with Crippen LogP contribution in [0.1, 0.15) is 5.56 Å². The highest BCUT2D eigenvalue weighted by Gasteiger charge is 2.31. The number of halogens is 5. The van der Waals surface area contributed by atoms with Crippen molar-refractivity contribution in [2.75, 3.05) is 4.72 Å². The Morgan fingerprint density at radius 3 is 2.38 bits per heavy atom. The van der Waals surface area contributed by atoms with Crippen LogP contribution in [0.5, 0.6) is 0 Å². The van der Waals surface area contributed by atoms with E-state index in [0.717, 1.165) is 29.5 Å². The Kier molecular flexibility index (Phi) is 4.57. The number of rotatable bonds is 3. The minimum absolute atomic E-state index is 0.0863. The quantitative estimate of drug-likeness (QED) is 0.761. The van der Waals surface area contributed by atoms with Gasteiger partial charge in [0.1, 0.15) is 4.21 Å². The summed E-state index contributed by atoms with van der Waals surface area (Å²) in [4.78, 5) is 0. The van der Waals surface area contributed by atoms with Crippen LogP contribution in [-0.4, -0.2) is 8.42 Å². The molecule has 1 N–H and O–H groups in total. The van der Waals surface area contributed by atoms with Gasteiger partial charge in [-0.25, -0.2) is 8.42 Å². The molecule has 1 heterocycles. The van der Waals surface area contributed by atoms with Crippen molar-refractivity contribution in [3.8, 4) is 0 Å². The molecule has 0 amide bonds. The fraction of sp³-hybridized carbons (Fsp3) is 0.0909. The molecule has 0 aliphatic carbocycles. The van der Waals surface area contributed by atoms with Crippen LogP contribution in [0.4, 0.5) is 18.9 Å². The first-order chi connectivity index (χ1) is 9.59. The van der Waals surface area contributed by atoms with Crippen LogP contribution in [-0.2, 0) is 16.2 Å². The first-order valence-corrected chi connectivity index (χ1v) is 8.71. The second kappa shape index (κ2) is 5.79. The van der Waals surface area contributed by atoms with Gasteiger partial charge in [-0.3, -0.25) is 4.72 Å². The molecule has 0 saturated carbocycles. The minimum Gasteiger partial charge on any atom is -0.278 e. The van der Waals surface area contributed by atoms with Gasteiger partial charge in [0.05, 0.1) is 15.6 Å². The molecule has 0 saturated heterocycles. The third-order valence-corrected chi connectivity index (χ3v) is 6.13. The summed E-state index contributed by atoms with van der Waals surface area (Å²) in [6.07, 6.45) is -4.56. The number of benzene rings is 1. The van der Waals surface area contributed by atoms with E-state index in [-0.39, 0.29) is 18.7 Å². The smallest absolute Gasteiger partial charge is 0.278 e. The van der Waals surface area contributed by atoms with Crippen LogP contribution in [0.3, 0.4) is 0 Å². The first kappa shape index (κ1) is 16.6. The van der Waals surface area contributed by atoms with E-state index in [9.17, 15) is 21.6 Å². The van der Waals surface area contributed by atoms with Gasteiger partial charge in [0.15, 0.2) is 0 Å². The predicted octanol–water partition coefficient (Wildman–Crippen LogP) is 4.98. The summed E-state index contributed by atoms with van der Waals surface area (Å²) >= 11 is 9.47. The maximum atomic E-state index is 12.7. The molecule has 3 nitrogen and oxygen atoms in total. The number of alkyl halides is 3. The van der Waals surface area contributed by atoms with Crippen molar-refractivity contribution in [1.82, 2.24) is 0 Å². The first-order valence-electron chi connectivity index (χ1n) is 5.24. The van der Waals surface area contributed by atoms with Crippen LogP contribution < -0.4 is 4.72 Å². The number of hydrogen-bond donors (Lipinski definition) is 1. The summed E-state index contributed by atoms with van der Waals surface area (Å²) in [5, 5.41) is 0. The zero-order valence-corrected chi connectivity index (χ0v) is 13.9. The van der Waals surface area contributed by atoms with Crippen molar-refractivity contribution >= 4 is 54.6 Å². The number of nitrogens with one attached hydrogen (secondary N) is 1. The highest BCUT2D eigenvalue weighted by atomic mass is 79.9. The molecular weight excluding hydrogens is 415 g/mol. The molecule has 21 heavy (non-hydrogen) atoms. The van der Waals surface area contributed by atoms with E-state index >= 15 is 0 Å². The monoisotopic (exact) mass is 419 g/mol. The summed E-state index contributed by atoms with van der Waals surface area (Å²) in [5.41, 5.74) is -1.15. The van der Waals surface area contributed by atoms with Crippen LogP contribution >= 0.6 is 38.9 Å². The van der Waals surface area contributed by atoms with Gasteiger partial charge in [-0.1, -0.05) is 11.6 Å². The van der Waals surface area contributed by atoms with Gasteiger partial charge in [0.25, 0.3) is 10.0 Å². The minimum atomic E-state index is -4.56. The van der Waals surface area contributed by atoms with Gasteiger partial charge in [-0.15, -0.1) is 11.3 Å². The molecule has 0 atom stereocenters. The van der Waals surface area contributed by atoms with E-state index in [2.05, 4.69) is 20.7 Å². The van der Waals surface area contributed by atoms with Crippen LogP contribution in [0.2, 0.25) is 4.34 Å². The highest BCUT2D eigenvalue weighted by molar-refractivity contribution is 9.10. The van der Waals surface area contributed by atoms with Crippen molar-refractivity contribution < 1.29 is 21.6 Å². The van der Waals surface area contributed by atoms with Crippen molar-refractivity contribution in [1.29, 1.82) is 0 Å². The van der Waals surface area contributed by atoms with E-state index in [0.29, 0.717) is 0 Å². The van der Waals surface area contributed by atoms with Gasteiger partial charge in [-0.05, 0) is 46.3 Å². The number of sulfonamides is 1. The van der Waals surface area contributed by atoms with E-state index in [1.165, 1.54) is 12.1 Å². The van der Waals surface area contributed by atoms with E-state index in [1.54, 1.807) is 0 Å². The van der Waals surface area contributed by atoms with Crippen molar-refractivity contribution in [3.63, 3.8) is 0 Å². The van der Waals surface area contributed by atoms with Crippen molar-refractivity contribution in [2.45, 2.75) is 10.4 Å². The molecule has 2 aromatic rings. The molecule has 0 spiro atoms. The average molecular weight is 421 g/mol. The van der Waals surface area contributed by atoms with Crippen LogP contribution in [0, 0.1) is 0 Å². The molecule has 0 aliphatic heterocycles. The Balaban J connectivity index is 2.39. The zero-order chi connectivity index (χ0) is 15.8. The Hall–Kier alpha value is -0.770. The van der Waals surface area contributed by atoms with Gasteiger partial charge in [-0.2, -0.15) is 13.2 Å². The Morgan fingerprint density at radius 2 is 1.86 bits per heavy atom. The molecule has 1 aromatic carbocycles. The fourth-order valence-electron chi connectivity index (χ4n) is 1.42. The molecule has 0 bridgehead atoms. The third-order valence-electron chi connectivity index (χ3n) is 2.35. The van der Waals surface area contributed by atoms with Crippen molar-refractivity contribution in [2.24, 2.45) is 0 Å². The van der Waals surface area contributed by atoms with E-state index in [1.807, 2.05) is 0 Å². The zero-order valence-electron chi connectivity index (χ0n) is 9.91. The van der Waals surface area contributed by atoms with Crippen LogP contribution in [0.25, 0.3) is 0 Å². The third kappa shape index (κ3) is 3.91. The molecular formula is C11H6BrClF3NO2S2. The topological polar surface area (TPSA) is 46.2 Å². The second-order valence-corrected chi connectivity index (χ2v) is 8.34. The normalized spacial score (nSPS) is 12.4. The molecule has 10 heteroatoms. The Labute approximate surface area is 135 Å². The summed E-state index contributed by atoms with van der Waals surface area (Å²) in [6, 6.07) is 5.36. The van der Waals surface area contributed by atoms with Gasteiger partial charge < -0.3 is 0 Å². The summed E-state index contributed by atoms with van der Waals surface area (Å²) in [7, 11) is -3.99. The molecule has 0 unspecified atom stereocenters. The largest absolute Gasteiger partial charge is 0.416 e. The standard InChI is InChI=1S/C11H6BrClF3NO2S2/c12-7-2-1-6(11(14,15)16)5-8(7)17-21(18,19)10-4-3-9(13)20-10/h1-5,17H. The number of hydrogen-bond acceptors (Lipinski definition) is 3. The van der Waals surface area contributed by atoms with E-state index < -0.39 is 21.8 Å². The summed E-state index contributed by atoms with van der Waals surface area (Å²) in [5.74, 6) is 0. The number of anilines is 1. The predicted molar refractivity (Wildman–Crippen MR) is 79.3 cm³/mol. The van der Waals surface area contributed by atoms with E-state index in [4.69, 9.17) is 11.6 Å². The van der Waals surface area contributed by atoms with Crippen LogP contribution in [0.15, 0.2) is 39.0 Å². The SMILES string of the molecule is O=S(=O)(Nc1cc(C(F)(F)F)ccc1Br)c1ccc(Cl)s1. The maximum absolute atomic E-state index is 12.7. The number of thiophene rings is 1. The molecule has 0 radical (unpaired) electrons. The highest BCUT2D eigenvalue weighted by Crippen LogP contribution is 2.35. The fourth-order valence-corrected chi connectivity index (χ4v) is 4.45. The lowest BCUT2D eigenvalue weighted by atomic mass is 10.2. The molecule has 2 rings (SSSR count). The summed E-state index contributed by atoms with van der Waals surface area (Å²) < 4.78 is 64.6. The Morgan fingerprint density at radius 1 is 1.19 bits per heavy atom. The Bertz CT molecular complexity index is 774. The van der Waals surface area contributed by atoms with Gasteiger partial charge in [0, 0.05) is 4.47 Å². The lowest BCUT2D eigenvalue weighted by Crippen LogP contribution is -2.13. The lowest BCUT2D eigenvalue weighted by molar-refractivity contribution is -0.137. The molecule has 0 fully saturated rings. The molecule has 114 valence electrons. The van der Waals surface area contributed by atoms with Gasteiger partial charge >= 0.3 is 6.18 Å². The average Bonchev–Trinajstić information content (AvgIpc) is 2.78. The van der Waals surface area contributed by atoms with Crippen molar-refractivity contribution in [3.05, 3.63) is 44.7 Å². The summed E-state index contributed by atoms with van der Waals surface area (Å²) in [6.45, 7) is 0. The maximum Gasteiger partial charge on any atom is 0.416 e. The molecule has 1 aromatic heterocycles. The second-order valence-electron chi connectivity index (χ2n) is 3.86. The van der Waals surface area contributed by atoms with Gasteiger partial charge in [0.2, 0.25) is 0 Å². The lowest BCUT2D eigenvalue weighted by Gasteiger charge is -2.12. The molecule has 0 aliphatic rings.